The number of nitrogens with one attached hydrogen (secondary N) is 1. The monoisotopic (exact) mass is 680 g/mol. The molecule has 1 unspecified atom stereocenters. The molecule has 2 aromatic carbocycles. The Labute approximate surface area is 286 Å². The van der Waals surface area contributed by atoms with Gasteiger partial charge in [0, 0.05) is 56.7 Å². The van der Waals surface area contributed by atoms with Crippen molar-refractivity contribution < 1.29 is 28.2 Å². The second kappa shape index (κ2) is 13.9. The molecule has 9 nitrogen and oxygen atoms in total. The molecule has 1 atom stereocenters. The van der Waals surface area contributed by atoms with Crippen LogP contribution in [0.3, 0.4) is 0 Å². The Balaban J connectivity index is 1.24. The molecule has 0 bridgehead atoms. The lowest BCUT2D eigenvalue weighted by molar-refractivity contribution is -0.284. The fourth-order valence-electron chi connectivity index (χ4n) is 7.72. The van der Waals surface area contributed by atoms with Crippen LogP contribution in [0.2, 0.25) is 5.02 Å². The third-order valence-electron chi connectivity index (χ3n) is 10.1. The lowest BCUT2D eigenvalue weighted by Gasteiger charge is -2.58. The first-order chi connectivity index (χ1) is 22.9. The molecule has 1 N–H and O–H groups in total. The van der Waals surface area contributed by atoms with Gasteiger partial charge in [0.1, 0.15) is 5.82 Å². The van der Waals surface area contributed by atoms with Crippen LogP contribution in [0.4, 0.5) is 10.1 Å². The summed E-state index contributed by atoms with van der Waals surface area (Å²) in [4.78, 5) is 44.6. The number of amides is 1. The molecule has 0 spiro atoms. The standard InChI is InChI=1S/C37H46ClFN4O5/c1-5-47-35(46)24-12-14-26(15-13-24)48-37(42-16-8-9-17-42,43-22-36(2,3)23-43)33(44)19-25-18-29(38)31(20-30(25)39)40-34(45)28-21-41(4)32-11-7-6-10-27(28)32/h6-7,10-11,18,20-21,24,26H,5,8-9,12-17,19,22-23H2,1-4H3,(H,40,45)/t24-,26-,37?. The van der Waals surface area contributed by atoms with Crippen molar-refractivity contribution in [3.63, 3.8) is 0 Å². The molecule has 1 saturated carbocycles. The van der Waals surface area contributed by atoms with Crippen molar-refractivity contribution >= 4 is 45.9 Å². The number of benzene rings is 2. The quantitative estimate of drug-likeness (QED) is 0.229. The Morgan fingerprint density at radius 2 is 1.73 bits per heavy atom. The van der Waals surface area contributed by atoms with Gasteiger partial charge in [-0.3, -0.25) is 24.2 Å². The highest BCUT2D eigenvalue weighted by atomic mass is 35.5. The minimum Gasteiger partial charge on any atom is -0.466 e. The largest absolute Gasteiger partial charge is 0.466 e. The number of carbonyl (C=O) groups excluding carboxylic acids is 3. The third kappa shape index (κ3) is 6.77. The van der Waals surface area contributed by atoms with E-state index in [1.807, 2.05) is 42.8 Å². The zero-order valence-corrected chi connectivity index (χ0v) is 29.1. The van der Waals surface area contributed by atoms with Crippen LogP contribution in [-0.2, 0) is 32.5 Å². The van der Waals surface area contributed by atoms with Gasteiger partial charge in [-0.2, -0.15) is 0 Å². The van der Waals surface area contributed by atoms with Gasteiger partial charge >= 0.3 is 5.97 Å². The number of likely N-dealkylation sites (tertiary alicyclic amines) is 2. The molecule has 1 aromatic heterocycles. The molecule has 48 heavy (non-hydrogen) atoms. The number of ether oxygens (including phenoxy) is 2. The lowest BCUT2D eigenvalue weighted by Crippen LogP contribution is -2.74. The second-order valence-corrected chi connectivity index (χ2v) is 14.7. The van der Waals surface area contributed by atoms with Gasteiger partial charge in [-0.1, -0.05) is 43.6 Å². The summed E-state index contributed by atoms with van der Waals surface area (Å²) in [6.07, 6.45) is 5.69. The Hall–Kier alpha value is -3.31. The first-order valence-electron chi connectivity index (χ1n) is 17.1. The van der Waals surface area contributed by atoms with Gasteiger partial charge in [0.15, 0.2) is 5.78 Å². The Morgan fingerprint density at radius 3 is 2.40 bits per heavy atom. The molecule has 2 aliphatic heterocycles. The number of Topliss-reactive ketones (excluding diaryl/α,β-unsaturated/α-hetero) is 1. The van der Waals surface area contributed by atoms with E-state index in [0.29, 0.717) is 64.0 Å². The van der Waals surface area contributed by atoms with Gasteiger partial charge in [-0.05, 0) is 74.6 Å². The average molecular weight is 681 g/mol. The van der Waals surface area contributed by atoms with Crippen molar-refractivity contribution in [3.05, 3.63) is 64.6 Å². The number of halogens is 2. The van der Waals surface area contributed by atoms with Crippen molar-refractivity contribution in [2.24, 2.45) is 18.4 Å². The molecule has 3 heterocycles. The number of nitrogens with zero attached hydrogens (tertiary/aromatic N) is 3. The zero-order chi connectivity index (χ0) is 34.2. The van der Waals surface area contributed by atoms with Gasteiger partial charge in [-0.15, -0.1) is 0 Å². The van der Waals surface area contributed by atoms with Crippen molar-refractivity contribution in [2.75, 3.05) is 38.1 Å². The first kappa shape index (κ1) is 34.5. The molecule has 3 fully saturated rings. The number of ketones is 1. The number of carbonyl (C=O) groups is 3. The maximum absolute atomic E-state index is 15.8. The van der Waals surface area contributed by atoms with Crippen LogP contribution in [0.1, 0.15) is 75.2 Å². The number of fused-ring (bicyclic) bond motifs is 1. The minimum atomic E-state index is -1.35. The molecule has 1 aliphatic carbocycles. The predicted octanol–water partition coefficient (Wildman–Crippen LogP) is 6.56. The number of para-hydroxylation sites is 1. The number of aryl methyl sites for hydroxylation is 1. The maximum Gasteiger partial charge on any atom is 0.308 e. The minimum absolute atomic E-state index is 0.00861. The topological polar surface area (TPSA) is 93.1 Å². The van der Waals surface area contributed by atoms with Gasteiger partial charge in [-0.25, -0.2) is 4.39 Å². The van der Waals surface area contributed by atoms with Gasteiger partial charge in [0.25, 0.3) is 5.91 Å². The lowest BCUT2D eigenvalue weighted by atomic mass is 9.82. The number of rotatable bonds is 11. The van der Waals surface area contributed by atoms with Crippen LogP contribution in [0.5, 0.6) is 0 Å². The molecule has 2 saturated heterocycles. The van der Waals surface area contributed by atoms with Crippen LogP contribution in [0, 0.1) is 17.2 Å². The Bertz CT molecular complexity index is 1690. The number of aromatic nitrogens is 1. The molecule has 11 heteroatoms. The average Bonchev–Trinajstić information content (AvgIpc) is 3.70. The summed E-state index contributed by atoms with van der Waals surface area (Å²) in [6.45, 7) is 9.21. The number of hydrogen-bond acceptors (Lipinski definition) is 7. The fourth-order valence-corrected chi connectivity index (χ4v) is 7.95. The SMILES string of the molecule is CCOC(=O)[C@H]1CC[C@H](OC(C(=O)Cc2cc(Cl)c(NC(=O)c3cn(C)c4ccccc34)cc2F)(N2CCCC2)N2CC(C)(C)C2)CC1. The summed E-state index contributed by atoms with van der Waals surface area (Å²) in [7, 11) is 1.86. The van der Waals surface area contributed by atoms with Crippen LogP contribution in [0.15, 0.2) is 42.6 Å². The highest BCUT2D eigenvalue weighted by Gasteiger charge is 2.57. The van der Waals surface area contributed by atoms with E-state index in [2.05, 4.69) is 29.0 Å². The van der Waals surface area contributed by atoms with E-state index in [1.165, 1.54) is 12.1 Å². The summed E-state index contributed by atoms with van der Waals surface area (Å²) in [5.74, 6) is -2.97. The molecular formula is C37H46ClFN4O5. The van der Waals surface area contributed by atoms with Crippen molar-refractivity contribution in [1.29, 1.82) is 0 Å². The van der Waals surface area contributed by atoms with E-state index in [9.17, 15) is 14.4 Å². The third-order valence-corrected chi connectivity index (χ3v) is 10.4. The smallest absolute Gasteiger partial charge is 0.308 e. The summed E-state index contributed by atoms with van der Waals surface area (Å²) >= 11 is 6.65. The Kier molecular flexibility index (Phi) is 10.0. The van der Waals surface area contributed by atoms with Gasteiger partial charge < -0.3 is 19.4 Å². The molecule has 3 aliphatic rings. The summed E-state index contributed by atoms with van der Waals surface area (Å²) in [6, 6.07) is 10.2. The van der Waals surface area contributed by atoms with Crippen LogP contribution in [0.25, 0.3) is 10.9 Å². The van der Waals surface area contributed by atoms with Crippen LogP contribution < -0.4 is 5.32 Å². The fraction of sp³-hybridized carbons (Fsp3) is 0.541. The van der Waals surface area contributed by atoms with E-state index in [0.717, 1.165) is 23.7 Å². The first-order valence-corrected chi connectivity index (χ1v) is 17.5. The van der Waals surface area contributed by atoms with E-state index >= 15 is 4.39 Å². The van der Waals surface area contributed by atoms with Crippen LogP contribution >= 0.6 is 11.6 Å². The molecule has 6 rings (SSSR count). The highest BCUT2D eigenvalue weighted by Crippen LogP contribution is 2.43. The van der Waals surface area contributed by atoms with E-state index in [4.69, 9.17) is 21.1 Å². The molecule has 1 amide bonds. The van der Waals surface area contributed by atoms with Gasteiger partial charge in [0.05, 0.1) is 34.9 Å². The highest BCUT2D eigenvalue weighted by molar-refractivity contribution is 6.34. The van der Waals surface area contributed by atoms with E-state index in [1.54, 1.807) is 6.20 Å². The van der Waals surface area contributed by atoms with Crippen molar-refractivity contribution in [1.82, 2.24) is 14.4 Å². The number of esters is 1. The van der Waals surface area contributed by atoms with E-state index in [-0.39, 0.29) is 51.9 Å². The Morgan fingerprint density at radius 1 is 1.04 bits per heavy atom. The zero-order valence-electron chi connectivity index (χ0n) is 28.3. The molecular weight excluding hydrogens is 635 g/mol. The summed E-state index contributed by atoms with van der Waals surface area (Å²) in [5.41, 5.74) is 1.63. The molecule has 258 valence electrons. The number of hydrogen-bond donors (Lipinski definition) is 1. The number of anilines is 1. The molecule has 0 radical (unpaired) electrons. The second-order valence-electron chi connectivity index (χ2n) is 14.3. The van der Waals surface area contributed by atoms with Crippen molar-refractivity contribution in [2.45, 2.75) is 77.7 Å². The maximum atomic E-state index is 15.8. The van der Waals surface area contributed by atoms with E-state index < -0.39 is 17.6 Å². The van der Waals surface area contributed by atoms with Crippen molar-refractivity contribution in [3.8, 4) is 0 Å². The summed E-state index contributed by atoms with van der Waals surface area (Å²) < 4.78 is 29.9. The van der Waals surface area contributed by atoms with Crippen LogP contribution in [-0.4, -0.2) is 76.8 Å². The van der Waals surface area contributed by atoms with Gasteiger partial charge in [0.2, 0.25) is 5.85 Å². The predicted molar refractivity (Wildman–Crippen MR) is 183 cm³/mol. The normalized spacial score (nSPS) is 22.6. The summed E-state index contributed by atoms with van der Waals surface area (Å²) in [5, 5.41) is 3.68. The molecule has 3 aromatic rings.